The van der Waals surface area contributed by atoms with E-state index in [4.69, 9.17) is 11.6 Å². The quantitative estimate of drug-likeness (QED) is 0.715. The van der Waals surface area contributed by atoms with E-state index in [0.29, 0.717) is 46.4 Å². The normalized spacial score (nSPS) is 14.7. The zero-order valence-corrected chi connectivity index (χ0v) is 15.7. The zero-order chi connectivity index (χ0) is 19.0. The Morgan fingerprint density at radius 2 is 1.86 bits per heavy atom. The minimum Gasteiger partial charge on any atom is -0.351 e. The van der Waals surface area contributed by atoms with E-state index in [1.807, 2.05) is 18.2 Å². The van der Waals surface area contributed by atoms with Crippen molar-refractivity contribution < 1.29 is 4.79 Å². The molecule has 7 heteroatoms. The fourth-order valence-corrected chi connectivity index (χ4v) is 3.69. The fraction of sp³-hybridized carbons (Fsp3) is 0.333. The molecule has 2 heterocycles. The summed E-state index contributed by atoms with van der Waals surface area (Å²) in [5.41, 5.74) is 1.60. The number of rotatable bonds is 3. The molecule has 0 radical (unpaired) electrons. The number of ketones is 1. The van der Waals surface area contributed by atoms with E-state index in [2.05, 4.69) is 15.3 Å². The van der Waals surface area contributed by atoms with Crippen LogP contribution in [-0.4, -0.2) is 26.4 Å². The number of hydrogen-bond donors (Lipinski definition) is 1. The van der Waals surface area contributed by atoms with Gasteiger partial charge in [-0.3, -0.25) is 14.2 Å². The van der Waals surface area contributed by atoms with Gasteiger partial charge in [-0.1, -0.05) is 37.2 Å². The van der Waals surface area contributed by atoms with Crippen LogP contribution in [0.5, 0.6) is 0 Å². The number of benzene rings is 1. The number of pyridine rings is 1. The number of aryl methyl sites for hydroxylation is 1. The number of fused-ring (bicyclic) bond motifs is 1. The van der Waals surface area contributed by atoms with Crippen LogP contribution in [-0.2, 0) is 11.8 Å². The summed E-state index contributed by atoms with van der Waals surface area (Å²) < 4.78 is 1.52. The van der Waals surface area contributed by atoms with Crippen molar-refractivity contribution in [3.05, 3.63) is 51.9 Å². The highest BCUT2D eigenvalue weighted by molar-refractivity contribution is 6.33. The monoisotopic (exact) mass is 398 g/mol. The molecule has 1 aliphatic rings. The Kier molecular flexibility index (Phi) is 5.79. The summed E-state index contributed by atoms with van der Waals surface area (Å²) in [7, 11) is 1.70. The van der Waals surface area contributed by atoms with Crippen molar-refractivity contribution >= 4 is 34.4 Å². The summed E-state index contributed by atoms with van der Waals surface area (Å²) in [6, 6.07) is 9.23. The van der Waals surface area contributed by atoms with Crippen molar-refractivity contribution in [2.45, 2.75) is 39.2 Å². The summed E-state index contributed by atoms with van der Waals surface area (Å²) >= 11 is 6.26. The first kappa shape index (κ1) is 20.0. The smallest absolute Gasteiger partial charge is 0.259 e. The molecule has 2 aromatic heterocycles. The van der Waals surface area contributed by atoms with Crippen LogP contribution in [0.4, 0.5) is 5.95 Å². The zero-order valence-electron chi connectivity index (χ0n) is 14.9. The van der Waals surface area contributed by atoms with Gasteiger partial charge in [-0.25, -0.2) is 4.98 Å². The third-order valence-corrected chi connectivity index (χ3v) is 5.32. The summed E-state index contributed by atoms with van der Waals surface area (Å²) in [6.45, 7) is 0. The number of anilines is 1. The van der Waals surface area contributed by atoms with E-state index in [1.54, 1.807) is 25.4 Å². The van der Waals surface area contributed by atoms with E-state index in [1.165, 1.54) is 4.57 Å². The number of aromatic nitrogens is 3. The highest BCUT2D eigenvalue weighted by Crippen LogP contribution is 2.27. The van der Waals surface area contributed by atoms with Gasteiger partial charge in [-0.05, 0) is 25.0 Å². The van der Waals surface area contributed by atoms with Crippen molar-refractivity contribution in [3.63, 3.8) is 0 Å². The molecule has 0 bridgehead atoms. The van der Waals surface area contributed by atoms with Gasteiger partial charge in [-0.2, -0.15) is 4.98 Å². The molecule has 28 heavy (non-hydrogen) atoms. The molecule has 1 N–H and O–H groups in total. The first-order valence-electron chi connectivity index (χ1n) is 8.93. The molecule has 0 amide bonds. The maximum absolute atomic E-state index is 12.9. The van der Waals surface area contributed by atoms with Gasteiger partial charge in [-0.15, -0.1) is 0 Å². The minimum atomic E-state index is -0.163. The molecule has 1 aliphatic carbocycles. The second-order valence-electron chi connectivity index (χ2n) is 6.83. The molecule has 0 atom stereocenters. The summed E-state index contributed by atoms with van der Waals surface area (Å²) in [5, 5.41) is 4.57. The van der Waals surface area contributed by atoms with Crippen LogP contribution in [0, 0.1) is 0 Å². The van der Waals surface area contributed by atoms with Crippen LogP contribution >= 0.6 is 11.6 Å². The van der Waals surface area contributed by atoms with E-state index in [-0.39, 0.29) is 19.0 Å². The van der Waals surface area contributed by atoms with Crippen molar-refractivity contribution in [1.82, 2.24) is 14.5 Å². The van der Waals surface area contributed by atoms with Gasteiger partial charge >= 0.3 is 0 Å². The molecule has 1 fully saturated rings. The molecule has 0 saturated heterocycles. The standard InChI is InChI=1S/C20H19ClN4O2.CH4/c1-25-18-12(10-16(19(25)27)15-4-2-3-5-17(15)21)11-22-20(24-18)23-13-6-8-14(26)9-7-13;/h2-5,10-11,13H,6-9H2,1H3,(H,22,23,24);1H4. The van der Waals surface area contributed by atoms with Crippen LogP contribution in [0.25, 0.3) is 22.2 Å². The Bertz CT molecular complexity index is 1080. The van der Waals surface area contributed by atoms with Gasteiger partial charge in [0.15, 0.2) is 0 Å². The molecular formula is C21H23ClN4O2. The lowest BCUT2D eigenvalue weighted by atomic mass is 9.94. The van der Waals surface area contributed by atoms with Gasteiger partial charge in [0.25, 0.3) is 5.56 Å². The van der Waals surface area contributed by atoms with Gasteiger partial charge in [0.2, 0.25) is 5.95 Å². The largest absolute Gasteiger partial charge is 0.351 e. The van der Waals surface area contributed by atoms with E-state index < -0.39 is 0 Å². The third-order valence-electron chi connectivity index (χ3n) is 4.99. The number of nitrogens with one attached hydrogen (secondary N) is 1. The van der Waals surface area contributed by atoms with E-state index in [9.17, 15) is 9.59 Å². The van der Waals surface area contributed by atoms with Crippen LogP contribution in [0.15, 0.2) is 41.3 Å². The van der Waals surface area contributed by atoms with Gasteiger partial charge < -0.3 is 5.32 Å². The number of carbonyl (C=O) groups excluding carboxylic acids is 1. The van der Waals surface area contributed by atoms with Crippen molar-refractivity contribution in [2.75, 3.05) is 5.32 Å². The number of nitrogens with zero attached hydrogens (tertiary/aromatic N) is 3. The lowest BCUT2D eigenvalue weighted by molar-refractivity contribution is -0.120. The van der Waals surface area contributed by atoms with Crippen molar-refractivity contribution in [1.29, 1.82) is 0 Å². The maximum Gasteiger partial charge on any atom is 0.259 e. The SMILES string of the molecule is C.Cn1c(=O)c(-c2ccccc2Cl)cc2cnc(NC3CCC(=O)CC3)nc21. The number of carbonyl (C=O) groups is 1. The molecule has 4 rings (SSSR count). The average Bonchev–Trinajstić information content (AvgIpc) is 2.67. The maximum atomic E-state index is 12.9. The summed E-state index contributed by atoms with van der Waals surface area (Å²) in [6.07, 6.45) is 4.45. The molecule has 0 aliphatic heterocycles. The Morgan fingerprint density at radius 1 is 1.14 bits per heavy atom. The minimum absolute atomic E-state index is 0. The van der Waals surface area contributed by atoms with Crippen LogP contribution in [0.1, 0.15) is 33.1 Å². The Hall–Kier alpha value is -2.73. The molecule has 0 unspecified atom stereocenters. The third kappa shape index (κ3) is 3.78. The Labute approximate surface area is 168 Å². The lowest BCUT2D eigenvalue weighted by Crippen LogP contribution is -2.27. The Morgan fingerprint density at radius 3 is 2.57 bits per heavy atom. The fourth-order valence-electron chi connectivity index (χ4n) is 3.46. The first-order chi connectivity index (χ1) is 13.0. The highest BCUT2D eigenvalue weighted by atomic mass is 35.5. The topological polar surface area (TPSA) is 76.9 Å². The molecule has 146 valence electrons. The molecule has 3 aromatic rings. The van der Waals surface area contributed by atoms with Crippen molar-refractivity contribution in [3.8, 4) is 11.1 Å². The predicted molar refractivity (Wildman–Crippen MR) is 113 cm³/mol. The molecule has 0 spiro atoms. The van der Waals surface area contributed by atoms with E-state index in [0.717, 1.165) is 18.2 Å². The molecule has 1 saturated carbocycles. The first-order valence-corrected chi connectivity index (χ1v) is 9.30. The molecular weight excluding hydrogens is 376 g/mol. The second-order valence-corrected chi connectivity index (χ2v) is 7.24. The Balaban J connectivity index is 0.00000225. The second kappa shape index (κ2) is 8.10. The van der Waals surface area contributed by atoms with Gasteiger partial charge in [0.05, 0.1) is 0 Å². The molecule has 6 nitrogen and oxygen atoms in total. The van der Waals surface area contributed by atoms with Crippen molar-refractivity contribution in [2.24, 2.45) is 7.05 Å². The van der Waals surface area contributed by atoms with Gasteiger partial charge in [0, 0.05) is 53.7 Å². The van der Waals surface area contributed by atoms with Crippen LogP contribution in [0.2, 0.25) is 5.02 Å². The lowest BCUT2D eigenvalue weighted by Gasteiger charge is -2.22. The predicted octanol–water partition coefficient (Wildman–Crippen LogP) is 4.21. The number of halogens is 1. The van der Waals surface area contributed by atoms with E-state index >= 15 is 0 Å². The van der Waals surface area contributed by atoms with Crippen LogP contribution in [0.3, 0.4) is 0 Å². The number of Topliss-reactive ketones (excluding diaryl/α,β-unsaturated/α-hetero) is 1. The van der Waals surface area contributed by atoms with Crippen LogP contribution < -0.4 is 10.9 Å². The van der Waals surface area contributed by atoms with Gasteiger partial charge in [0.1, 0.15) is 11.4 Å². The number of hydrogen-bond acceptors (Lipinski definition) is 5. The summed E-state index contributed by atoms with van der Waals surface area (Å²) in [5.74, 6) is 0.782. The highest BCUT2D eigenvalue weighted by Gasteiger charge is 2.20. The molecule has 1 aromatic carbocycles. The average molecular weight is 399 g/mol. The summed E-state index contributed by atoms with van der Waals surface area (Å²) in [4.78, 5) is 33.2.